The van der Waals surface area contributed by atoms with Crippen LogP contribution in [0.25, 0.3) is 0 Å². The van der Waals surface area contributed by atoms with Gasteiger partial charge in [-0.2, -0.15) is 5.26 Å². The molecule has 0 fully saturated rings. The van der Waals surface area contributed by atoms with Crippen molar-refractivity contribution in [3.8, 4) is 6.26 Å². The molecular formula is C4H8NO4P. The van der Waals surface area contributed by atoms with Crippen molar-refractivity contribution in [2.24, 2.45) is 0 Å². The summed E-state index contributed by atoms with van der Waals surface area (Å²) >= 11 is 0. The highest BCUT2D eigenvalue weighted by atomic mass is 31.2. The average molecular weight is 165 g/mol. The molecule has 0 saturated carbocycles. The van der Waals surface area contributed by atoms with Gasteiger partial charge in [-0.15, -0.1) is 0 Å². The summed E-state index contributed by atoms with van der Waals surface area (Å²) < 4.78 is 19.0. The van der Waals surface area contributed by atoms with Crippen molar-refractivity contribution in [1.29, 1.82) is 5.26 Å². The van der Waals surface area contributed by atoms with Crippen LogP contribution in [-0.2, 0) is 13.8 Å². The number of ether oxygens (including phenoxy) is 1. The largest absolute Gasteiger partial charge is 0.427 e. The smallest absolute Gasteiger partial charge is 0.331 e. The highest BCUT2D eigenvalue weighted by Crippen LogP contribution is 2.39. The Balaban J connectivity index is 3.50. The quantitative estimate of drug-likeness (QED) is 0.368. The van der Waals surface area contributed by atoms with Crippen LogP contribution < -0.4 is 0 Å². The molecule has 1 atom stereocenters. The highest BCUT2D eigenvalue weighted by molar-refractivity contribution is 7.52. The maximum absolute atomic E-state index is 10.6. The van der Waals surface area contributed by atoms with Crippen molar-refractivity contribution >= 4 is 7.60 Å². The van der Waals surface area contributed by atoms with E-state index in [2.05, 4.69) is 9.26 Å². The molecule has 0 radical (unpaired) electrons. The predicted molar refractivity (Wildman–Crippen MR) is 33.3 cm³/mol. The first kappa shape index (κ1) is 9.44. The molecule has 0 aliphatic carbocycles. The number of rotatable bonds is 4. The van der Waals surface area contributed by atoms with E-state index in [1.165, 1.54) is 6.26 Å². The SMILES string of the molecule is COP(=O)(O)CCOC#N. The van der Waals surface area contributed by atoms with Gasteiger partial charge in [-0.05, 0) is 0 Å². The Bertz CT molecular complexity index is 175. The van der Waals surface area contributed by atoms with E-state index >= 15 is 0 Å². The van der Waals surface area contributed by atoms with Crippen LogP contribution in [0, 0.1) is 11.5 Å². The number of hydrogen-bond acceptors (Lipinski definition) is 4. The molecule has 0 aliphatic rings. The Hall–Kier alpha value is -0.560. The Labute approximate surface area is 58.7 Å². The van der Waals surface area contributed by atoms with Gasteiger partial charge < -0.3 is 14.2 Å². The van der Waals surface area contributed by atoms with Gasteiger partial charge in [-0.25, -0.2) is 0 Å². The van der Waals surface area contributed by atoms with Gasteiger partial charge in [0.15, 0.2) is 0 Å². The molecule has 1 unspecified atom stereocenters. The lowest BCUT2D eigenvalue weighted by atomic mass is 10.9. The molecule has 0 rings (SSSR count). The maximum atomic E-state index is 10.6. The molecule has 58 valence electrons. The fraction of sp³-hybridized carbons (Fsp3) is 0.750. The second-order valence-electron chi connectivity index (χ2n) is 1.48. The van der Waals surface area contributed by atoms with Gasteiger partial charge >= 0.3 is 7.60 Å². The van der Waals surface area contributed by atoms with E-state index in [0.717, 1.165) is 7.11 Å². The Morgan fingerprint density at radius 1 is 1.80 bits per heavy atom. The Morgan fingerprint density at radius 3 is 2.80 bits per heavy atom. The van der Waals surface area contributed by atoms with Gasteiger partial charge in [-0.3, -0.25) is 4.57 Å². The van der Waals surface area contributed by atoms with Crippen molar-refractivity contribution in [1.82, 2.24) is 0 Å². The number of hydrogen-bond donors (Lipinski definition) is 1. The van der Waals surface area contributed by atoms with Crippen LogP contribution in [0.1, 0.15) is 0 Å². The van der Waals surface area contributed by atoms with Crippen LogP contribution >= 0.6 is 7.60 Å². The van der Waals surface area contributed by atoms with Crippen molar-refractivity contribution in [3.05, 3.63) is 0 Å². The van der Waals surface area contributed by atoms with Crippen molar-refractivity contribution < 1.29 is 18.7 Å². The minimum Gasteiger partial charge on any atom is -0.427 e. The van der Waals surface area contributed by atoms with E-state index in [9.17, 15) is 4.57 Å². The van der Waals surface area contributed by atoms with Crippen molar-refractivity contribution in [2.75, 3.05) is 19.9 Å². The van der Waals surface area contributed by atoms with E-state index < -0.39 is 7.60 Å². The predicted octanol–water partition coefficient (Wildman–Crippen LogP) is 0.316. The van der Waals surface area contributed by atoms with E-state index in [1.807, 2.05) is 0 Å². The normalized spacial score (nSPS) is 15.3. The van der Waals surface area contributed by atoms with Gasteiger partial charge in [0.1, 0.15) is 6.61 Å². The molecule has 0 aliphatic heterocycles. The minimum absolute atomic E-state index is 0.0852. The third-order valence-corrected chi connectivity index (χ3v) is 2.14. The molecule has 0 saturated heterocycles. The second-order valence-corrected chi connectivity index (χ2v) is 3.57. The summed E-state index contributed by atoms with van der Waals surface area (Å²) in [6.45, 7) is -0.0852. The summed E-state index contributed by atoms with van der Waals surface area (Å²) in [7, 11) is -2.35. The lowest BCUT2D eigenvalue weighted by Gasteiger charge is -2.05. The first-order valence-electron chi connectivity index (χ1n) is 2.51. The van der Waals surface area contributed by atoms with Gasteiger partial charge in [0, 0.05) is 7.11 Å². The summed E-state index contributed by atoms with van der Waals surface area (Å²) in [4.78, 5) is 8.69. The molecule has 6 heteroatoms. The molecule has 0 amide bonds. The van der Waals surface area contributed by atoms with Crippen LogP contribution in [0.15, 0.2) is 0 Å². The summed E-state index contributed by atoms with van der Waals surface area (Å²) in [5, 5.41) is 7.85. The van der Waals surface area contributed by atoms with Crippen molar-refractivity contribution in [3.63, 3.8) is 0 Å². The minimum atomic E-state index is -3.48. The molecular weight excluding hydrogens is 157 g/mol. The summed E-state index contributed by atoms with van der Waals surface area (Å²) in [6.07, 6.45) is 1.22. The third-order valence-electron chi connectivity index (χ3n) is 0.826. The molecule has 10 heavy (non-hydrogen) atoms. The molecule has 1 N–H and O–H groups in total. The van der Waals surface area contributed by atoms with Gasteiger partial charge in [0.25, 0.3) is 6.26 Å². The fourth-order valence-corrected chi connectivity index (χ4v) is 0.803. The van der Waals surface area contributed by atoms with Crippen LogP contribution in [-0.4, -0.2) is 24.8 Å². The Kier molecular flexibility index (Phi) is 4.05. The number of nitriles is 1. The second kappa shape index (κ2) is 4.29. The first-order chi connectivity index (χ1) is 4.62. The molecule has 0 aromatic carbocycles. The van der Waals surface area contributed by atoms with Gasteiger partial charge in [0.2, 0.25) is 0 Å². The Morgan fingerprint density at radius 2 is 2.40 bits per heavy atom. The topological polar surface area (TPSA) is 79.6 Å². The maximum Gasteiger partial charge on any atom is 0.331 e. The zero-order valence-corrected chi connectivity index (χ0v) is 6.38. The fourth-order valence-electron chi connectivity index (χ4n) is 0.298. The van der Waals surface area contributed by atoms with E-state index in [0.29, 0.717) is 0 Å². The van der Waals surface area contributed by atoms with E-state index in [4.69, 9.17) is 10.2 Å². The highest BCUT2D eigenvalue weighted by Gasteiger charge is 2.16. The zero-order chi connectivity index (χ0) is 8.04. The first-order valence-corrected chi connectivity index (χ1v) is 4.27. The van der Waals surface area contributed by atoms with Gasteiger partial charge in [-0.1, -0.05) is 0 Å². The molecule has 0 bridgehead atoms. The number of nitrogens with zero attached hydrogens (tertiary/aromatic N) is 1. The van der Waals surface area contributed by atoms with Crippen LogP contribution in [0.4, 0.5) is 0 Å². The molecule has 0 spiro atoms. The van der Waals surface area contributed by atoms with Gasteiger partial charge in [0.05, 0.1) is 6.16 Å². The lowest BCUT2D eigenvalue weighted by Crippen LogP contribution is -1.98. The third kappa shape index (κ3) is 4.33. The van der Waals surface area contributed by atoms with E-state index in [1.54, 1.807) is 0 Å². The zero-order valence-electron chi connectivity index (χ0n) is 5.48. The van der Waals surface area contributed by atoms with Crippen LogP contribution in [0.2, 0.25) is 0 Å². The molecule has 5 nitrogen and oxygen atoms in total. The lowest BCUT2D eigenvalue weighted by molar-refractivity contribution is 0.266. The van der Waals surface area contributed by atoms with Crippen molar-refractivity contribution in [2.45, 2.75) is 0 Å². The summed E-state index contributed by atoms with van der Waals surface area (Å²) in [5.74, 6) is 0. The monoisotopic (exact) mass is 165 g/mol. The molecule has 0 aromatic heterocycles. The molecule has 0 aromatic rings. The van der Waals surface area contributed by atoms with Crippen LogP contribution in [0.5, 0.6) is 0 Å². The molecule has 0 heterocycles. The summed E-state index contributed by atoms with van der Waals surface area (Å²) in [5.41, 5.74) is 0. The standard InChI is InChI=1S/C4H8NO4P/c1-8-10(6,7)3-2-9-4-5/h2-3H2,1H3,(H,6,7). The van der Waals surface area contributed by atoms with E-state index in [-0.39, 0.29) is 12.8 Å². The van der Waals surface area contributed by atoms with Crippen LogP contribution in [0.3, 0.4) is 0 Å². The summed E-state index contributed by atoms with van der Waals surface area (Å²) in [6, 6.07) is 0. The average Bonchev–Trinajstić information content (AvgIpc) is 1.89.